The molecule has 5 aromatic carbocycles. The Kier molecular flexibility index (Phi) is 6.67. The predicted octanol–water partition coefficient (Wildman–Crippen LogP) is 10.00. The first-order valence-electron chi connectivity index (χ1n) is 14.7. The normalized spacial score (nSPS) is 13.4. The molecule has 3 heterocycles. The molecule has 4 nitrogen and oxygen atoms in total. The molecular weight excluding hydrogens is 678 g/mol. The van der Waals surface area contributed by atoms with Crippen LogP contribution in [0.4, 0.5) is 43.9 Å². The average molecular weight is 695 g/mol. The fraction of sp³-hybridized carbons (Fsp3) is 0.0833. The van der Waals surface area contributed by atoms with E-state index in [1.54, 1.807) is 12.1 Å². The van der Waals surface area contributed by atoms with E-state index in [1.807, 2.05) is 60.9 Å². The Morgan fingerprint density at radius 1 is 0.480 bits per heavy atom. The maximum absolute atomic E-state index is 15.1. The lowest BCUT2D eigenvalue weighted by molar-refractivity contribution is 0.380. The lowest BCUT2D eigenvalue weighted by atomic mass is 9.74. The quantitative estimate of drug-likeness (QED) is 0.105. The van der Waals surface area contributed by atoms with Gasteiger partial charge in [0.1, 0.15) is 0 Å². The third kappa shape index (κ3) is 4.10. The molecule has 0 bridgehead atoms. The predicted molar refractivity (Wildman–Crippen MR) is 162 cm³/mol. The van der Waals surface area contributed by atoms with Crippen molar-refractivity contribution in [2.45, 2.75) is 19.3 Å². The maximum Gasteiger partial charge on any atom is 0.200 e. The summed E-state index contributed by atoms with van der Waals surface area (Å²) >= 11 is 0. The molecule has 0 N–H and O–H groups in total. The summed E-state index contributed by atoms with van der Waals surface area (Å²) in [6, 6.07) is 18.0. The van der Waals surface area contributed by atoms with Crippen LogP contribution in [0.2, 0.25) is 0 Å². The molecule has 0 spiro atoms. The van der Waals surface area contributed by atoms with E-state index in [2.05, 4.69) is 15.0 Å². The SMILES string of the molecule is CC1(C)c2ccccc2-n2c3ccccc3c3cc(-c4nc(-c5c(F)c(F)c(F)c(F)c5F)nc(-c5c(F)c(F)c(F)c(F)c5F)n4)cc1c32. The van der Waals surface area contributed by atoms with E-state index in [4.69, 9.17) is 0 Å². The number of aromatic nitrogens is 4. The van der Waals surface area contributed by atoms with Gasteiger partial charge in [0.15, 0.2) is 64.0 Å². The van der Waals surface area contributed by atoms with E-state index in [9.17, 15) is 26.3 Å². The Labute approximate surface area is 274 Å². The number of fused-ring (bicyclic) bond motifs is 5. The van der Waals surface area contributed by atoms with Gasteiger partial charge in [-0.05, 0) is 35.4 Å². The molecule has 0 fully saturated rings. The smallest absolute Gasteiger partial charge is 0.200 e. The van der Waals surface area contributed by atoms with Gasteiger partial charge in [-0.2, -0.15) is 0 Å². The van der Waals surface area contributed by atoms with Gasteiger partial charge < -0.3 is 4.57 Å². The van der Waals surface area contributed by atoms with Gasteiger partial charge >= 0.3 is 0 Å². The lowest BCUT2D eigenvalue weighted by Gasteiger charge is -2.35. The van der Waals surface area contributed by atoms with Crippen molar-refractivity contribution >= 4 is 21.8 Å². The summed E-state index contributed by atoms with van der Waals surface area (Å²) in [5, 5.41) is 1.30. The number of hydrogen-bond donors (Lipinski definition) is 0. The number of hydrogen-bond acceptors (Lipinski definition) is 3. The van der Waals surface area contributed by atoms with Gasteiger partial charge in [-0.25, -0.2) is 58.9 Å². The third-order valence-electron chi connectivity index (χ3n) is 9.02. The van der Waals surface area contributed by atoms with E-state index >= 15 is 17.6 Å². The highest BCUT2D eigenvalue weighted by molar-refractivity contribution is 6.12. The Hall–Kier alpha value is -5.79. The number of rotatable bonds is 3. The number of benzene rings is 5. The van der Waals surface area contributed by atoms with Crippen LogP contribution in [0.1, 0.15) is 25.0 Å². The maximum atomic E-state index is 15.1. The molecular formula is C36H16F10N4. The lowest BCUT2D eigenvalue weighted by Crippen LogP contribution is -2.26. The fourth-order valence-corrected chi connectivity index (χ4v) is 6.63. The Balaban J connectivity index is 1.51. The summed E-state index contributed by atoms with van der Waals surface area (Å²) in [7, 11) is 0. The summed E-state index contributed by atoms with van der Waals surface area (Å²) in [6.07, 6.45) is 0. The highest BCUT2D eigenvalue weighted by Crippen LogP contribution is 2.49. The zero-order chi connectivity index (χ0) is 35.5. The van der Waals surface area contributed by atoms with Crippen LogP contribution >= 0.6 is 0 Å². The van der Waals surface area contributed by atoms with Crippen molar-refractivity contribution in [2.75, 3.05) is 0 Å². The van der Waals surface area contributed by atoms with Crippen LogP contribution < -0.4 is 0 Å². The van der Waals surface area contributed by atoms with E-state index in [0.717, 1.165) is 22.3 Å². The molecule has 250 valence electrons. The van der Waals surface area contributed by atoms with E-state index in [0.29, 0.717) is 16.3 Å². The molecule has 7 aromatic rings. The van der Waals surface area contributed by atoms with Crippen molar-refractivity contribution in [3.05, 3.63) is 130 Å². The van der Waals surface area contributed by atoms with Crippen molar-refractivity contribution < 1.29 is 43.9 Å². The standard InChI is InChI=1S/C36H16F10N4/c1-36(2)16-8-4-6-10-19(16)50-18-9-5-3-7-14(18)15-11-13(12-17(36)32(15)50)33-47-34(20-22(37)26(41)30(45)27(42)23(20)38)49-35(48-33)21-24(39)28(43)31(46)29(44)25(21)40/h3-12H,1-2H3. The van der Waals surface area contributed by atoms with Crippen LogP contribution in [-0.4, -0.2) is 19.5 Å². The topological polar surface area (TPSA) is 43.6 Å². The van der Waals surface area contributed by atoms with E-state index < -0.39 is 92.2 Å². The summed E-state index contributed by atoms with van der Waals surface area (Å²) in [4.78, 5) is 11.4. The Morgan fingerprint density at radius 3 is 1.50 bits per heavy atom. The molecule has 0 radical (unpaired) electrons. The van der Waals surface area contributed by atoms with Gasteiger partial charge in [-0.15, -0.1) is 0 Å². The highest BCUT2D eigenvalue weighted by Gasteiger charge is 2.37. The molecule has 2 aromatic heterocycles. The van der Waals surface area contributed by atoms with E-state index in [-0.39, 0.29) is 5.56 Å². The third-order valence-corrected chi connectivity index (χ3v) is 9.02. The van der Waals surface area contributed by atoms with Crippen LogP contribution in [0.3, 0.4) is 0 Å². The van der Waals surface area contributed by atoms with Gasteiger partial charge in [0.05, 0.1) is 27.8 Å². The van der Waals surface area contributed by atoms with Gasteiger partial charge in [0, 0.05) is 21.8 Å². The second-order valence-corrected chi connectivity index (χ2v) is 12.1. The second-order valence-electron chi connectivity index (χ2n) is 12.1. The summed E-state index contributed by atoms with van der Waals surface area (Å²) in [5.74, 6) is -27.5. The molecule has 0 saturated heterocycles. The minimum Gasteiger partial charge on any atom is -0.309 e. The molecule has 0 saturated carbocycles. The number of halogens is 10. The molecule has 1 aliphatic rings. The first-order chi connectivity index (χ1) is 23.7. The van der Waals surface area contributed by atoms with E-state index in [1.165, 1.54) is 6.07 Å². The van der Waals surface area contributed by atoms with Crippen LogP contribution in [0, 0.1) is 58.2 Å². The van der Waals surface area contributed by atoms with Crippen molar-refractivity contribution in [1.29, 1.82) is 0 Å². The molecule has 1 aliphatic heterocycles. The van der Waals surface area contributed by atoms with Gasteiger partial charge in [0.2, 0.25) is 11.6 Å². The van der Waals surface area contributed by atoms with Crippen molar-refractivity contribution in [3.63, 3.8) is 0 Å². The monoisotopic (exact) mass is 694 g/mol. The highest BCUT2D eigenvalue weighted by atomic mass is 19.2. The molecule has 0 atom stereocenters. The molecule has 0 amide bonds. The molecule has 0 unspecified atom stereocenters. The summed E-state index contributed by atoms with van der Waals surface area (Å²) in [5.41, 5.74) is -0.255. The fourth-order valence-electron chi connectivity index (χ4n) is 6.63. The number of para-hydroxylation sites is 2. The zero-order valence-corrected chi connectivity index (χ0v) is 25.3. The van der Waals surface area contributed by atoms with Gasteiger partial charge in [-0.3, -0.25) is 0 Å². The second kappa shape index (κ2) is 10.6. The first-order valence-corrected chi connectivity index (χ1v) is 14.7. The average Bonchev–Trinajstić information content (AvgIpc) is 3.45. The minimum atomic E-state index is -2.51. The molecule has 50 heavy (non-hydrogen) atoms. The van der Waals surface area contributed by atoms with Gasteiger partial charge in [0.25, 0.3) is 0 Å². The largest absolute Gasteiger partial charge is 0.309 e. The first kappa shape index (κ1) is 31.5. The molecule has 0 aliphatic carbocycles. The summed E-state index contributed by atoms with van der Waals surface area (Å²) in [6.45, 7) is 3.83. The Bertz CT molecular complexity index is 2500. The van der Waals surface area contributed by atoms with Gasteiger partial charge in [-0.1, -0.05) is 50.2 Å². The Morgan fingerprint density at radius 2 is 0.940 bits per heavy atom. The molecule has 8 rings (SSSR count). The minimum absolute atomic E-state index is 0.000466. The zero-order valence-electron chi connectivity index (χ0n) is 25.3. The van der Waals surface area contributed by atoms with Crippen molar-refractivity contribution in [3.8, 4) is 39.9 Å². The summed E-state index contributed by atoms with van der Waals surface area (Å²) < 4.78 is 148. The van der Waals surface area contributed by atoms with Crippen LogP contribution in [-0.2, 0) is 5.41 Å². The van der Waals surface area contributed by atoms with Crippen LogP contribution in [0.25, 0.3) is 61.7 Å². The number of nitrogens with zero attached hydrogens (tertiary/aromatic N) is 4. The molecule has 14 heteroatoms. The van der Waals surface area contributed by atoms with Crippen molar-refractivity contribution in [2.24, 2.45) is 0 Å². The van der Waals surface area contributed by atoms with Crippen molar-refractivity contribution in [1.82, 2.24) is 19.5 Å². The van der Waals surface area contributed by atoms with Crippen LogP contribution in [0.15, 0.2) is 60.7 Å². The van der Waals surface area contributed by atoms with Crippen LogP contribution in [0.5, 0.6) is 0 Å².